The van der Waals surface area contributed by atoms with Crippen molar-refractivity contribution in [1.29, 1.82) is 0 Å². The smallest absolute Gasteiger partial charge is 0.300 e. The van der Waals surface area contributed by atoms with Crippen molar-refractivity contribution in [2.45, 2.75) is 31.9 Å². The molecule has 0 aliphatic carbocycles. The monoisotopic (exact) mass is 384 g/mol. The van der Waals surface area contributed by atoms with Crippen molar-refractivity contribution in [3.63, 3.8) is 0 Å². The number of fused-ring (bicyclic) bond motifs is 4. The quantitative estimate of drug-likeness (QED) is 0.788. The van der Waals surface area contributed by atoms with Gasteiger partial charge in [-0.3, -0.25) is 14.7 Å². The van der Waals surface area contributed by atoms with E-state index >= 15 is 0 Å². The molecule has 6 heteroatoms. The molecule has 0 amide bonds. The summed E-state index contributed by atoms with van der Waals surface area (Å²) in [5.74, 6) is 1.17. The lowest BCUT2D eigenvalue weighted by atomic mass is 9.73. The summed E-state index contributed by atoms with van der Waals surface area (Å²) in [7, 11) is 1.66. The fourth-order valence-electron chi connectivity index (χ4n) is 4.44. The number of piperidine rings is 3. The zero-order valence-corrected chi connectivity index (χ0v) is 16.4. The van der Waals surface area contributed by atoms with Gasteiger partial charge in [0.25, 0.3) is 5.97 Å². The predicted molar refractivity (Wildman–Crippen MR) is 108 cm³/mol. The number of hydrogen-bond donors (Lipinski definition) is 2. The number of aromatic nitrogens is 1. The molecule has 2 N–H and O–H groups in total. The van der Waals surface area contributed by atoms with Gasteiger partial charge in [-0.25, -0.2) is 0 Å². The van der Waals surface area contributed by atoms with Gasteiger partial charge in [0.1, 0.15) is 5.75 Å². The van der Waals surface area contributed by atoms with Gasteiger partial charge in [-0.2, -0.15) is 0 Å². The maximum Gasteiger partial charge on any atom is 0.300 e. The summed E-state index contributed by atoms with van der Waals surface area (Å²) in [5.41, 5.74) is 1.85. The van der Waals surface area contributed by atoms with Crippen LogP contribution in [0.5, 0.6) is 5.75 Å². The van der Waals surface area contributed by atoms with Crippen LogP contribution in [0.25, 0.3) is 10.9 Å². The molecule has 3 fully saturated rings. The topological polar surface area (TPSA) is 82.9 Å². The third-order valence-electron chi connectivity index (χ3n) is 5.82. The maximum atomic E-state index is 11.2. The number of methoxy groups -OCH3 is 1. The summed E-state index contributed by atoms with van der Waals surface area (Å²) in [6.45, 7) is 7.15. The Bertz CT molecular complexity index is 850. The van der Waals surface area contributed by atoms with Gasteiger partial charge in [0, 0.05) is 31.1 Å². The van der Waals surface area contributed by atoms with Crippen molar-refractivity contribution in [2.75, 3.05) is 20.2 Å². The molecule has 1 aromatic heterocycles. The second-order valence-electron chi connectivity index (χ2n) is 7.49. The van der Waals surface area contributed by atoms with E-state index in [0.717, 1.165) is 48.6 Å². The standard InChI is InChI=1S/C20H24N2O2.C2H4O2/c1-3-13-12-22-9-7-14(13)10-19(22)20(23)16-6-8-21-18-5-4-15(24-2)11-17(16)18;1-2(3)4/h3-6,8,11,13-14,19-20,23H,1,7,9-10,12H2,2H3;1H3,(H,3,4)/t13-,14-,19+,20-;/m0./s1. The van der Waals surface area contributed by atoms with Gasteiger partial charge in [0.2, 0.25) is 0 Å². The Morgan fingerprint density at radius 3 is 2.79 bits per heavy atom. The number of ether oxygens (including phenoxy) is 1. The number of aliphatic hydroxyl groups excluding tert-OH is 1. The highest BCUT2D eigenvalue weighted by Gasteiger charge is 2.42. The summed E-state index contributed by atoms with van der Waals surface area (Å²) in [6, 6.07) is 7.96. The van der Waals surface area contributed by atoms with Crippen LogP contribution in [0, 0.1) is 11.8 Å². The third-order valence-corrected chi connectivity index (χ3v) is 5.82. The first-order chi connectivity index (χ1) is 13.4. The van der Waals surface area contributed by atoms with Crippen molar-refractivity contribution in [2.24, 2.45) is 11.8 Å². The molecule has 0 saturated carbocycles. The second-order valence-corrected chi connectivity index (χ2v) is 7.49. The molecule has 3 aliphatic heterocycles. The van der Waals surface area contributed by atoms with Gasteiger partial charge in [-0.15, -0.1) is 6.58 Å². The molecule has 2 bridgehead atoms. The van der Waals surface area contributed by atoms with Crippen molar-refractivity contribution in [3.8, 4) is 5.75 Å². The van der Waals surface area contributed by atoms with Crippen LogP contribution in [0.3, 0.4) is 0 Å². The van der Waals surface area contributed by atoms with E-state index in [9.17, 15) is 5.11 Å². The molecule has 0 radical (unpaired) electrons. The minimum atomic E-state index is -0.833. The Kier molecular flexibility index (Phi) is 6.31. The molecule has 3 aliphatic rings. The highest BCUT2D eigenvalue weighted by molar-refractivity contribution is 5.83. The first kappa shape index (κ1) is 20.3. The minimum Gasteiger partial charge on any atom is -0.497 e. The lowest BCUT2D eigenvalue weighted by Gasteiger charge is -2.50. The van der Waals surface area contributed by atoms with Gasteiger partial charge in [0.05, 0.1) is 18.7 Å². The van der Waals surface area contributed by atoms with E-state index in [1.165, 1.54) is 6.42 Å². The van der Waals surface area contributed by atoms with Gasteiger partial charge < -0.3 is 14.9 Å². The summed E-state index contributed by atoms with van der Waals surface area (Å²) in [4.78, 5) is 15.9. The predicted octanol–water partition coefficient (Wildman–Crippen LogP) is 3.26. The zero-order valence-electron chi connectivity index (χ0n) is 16.4. The van der Waals surface area contributed by atoms with E-state index < -0.39 is 12.1 Å². The first-order valence-electron chi connectivity index (χ1n) is 9.61. The molecule has 2 aromatic rings. The normalized spacial score (nSPS) is 26.8. The molecule has 4 heterocycles. The summed E-state index contributed by atoms with van der Waals surface area (Å²) in [6.07, 6.45) is 5.62. The Morgan fingerprint density at radius 2 is 2.18 bits per heavy atom. The Morgan fingerprint density at radius 1 is 1.43 bits per heavy atom. The molecule has 5 rings (SSSR count). The van der Waals surface area contributed by atoms with E-state index in [4.69, 9.17) is 14.6 Å². The van der Waals surface area contributed by atoms with Crippen LogP contribution in [0.2, 0.25) is 0 Å². The molecule has 6 nitrogen and oxygen atoms in total. The van der Waals surface area contributed by atoms with Crippen LogP contribution in [0.4, 0.5) is 0 Å². The van der Waals surface area contributed by atoms with Crippen molar-refractivity contribution < 1.29 is 19.7 Å². The van der Waals surface area contributed by atoms with E-state index in [2.05, 4.69) is 22.5 Å². The van der Waals surface area contributed by atoms with Gasteiger partial charge in [-0.05, 0) is 61.1 Å². The molecule has 0 unspecified atom stereocenters. The molecule has 1 aromatic carbocycles. The van der Waals surface area contributed by atoms with Crippen LogP contribution in [0.15, 0.2) is 43.1 Å². The third kappa shape index (κ3) is 4.18. The molecule has 3 saturated heterocycles. The average Bonchev–Trinajstić information content (AvgIpc) is 2.72. The summed E-state index contributed by atoms with van der Waals surface area (Å²) >= 11 is 0. The number of aliphatic hydroxyl groups is 1. The van der Waals surface area contributed by atoms with Crippen LogP contribution in [-0.2, 0) is 4.79 Å². The number of carboxylic acids is 1. The van der Waals surface area contributed by atoms with Gasteiger partial charge >= 0.3 is 0 Å². The van der Waals surface area contributed by atoms with E-state index in [1.807, 2.05) is 24.3 Å². The number of hydrogen-bond acceptors (Lipinski definition) is 5. The van der Waals surface area contributed by atoms with E-state index in [1.54, 1.807) is 13.3 Å². The SMILES string of the molecule is C=C[C@H]1C[N@]2CC[C@H]1C[C@@H]2[C@@H](O)c1ccnc2ccc(OC)cc12.CC(=O)O. The van der Waals surface area contributed by atoms with Gasteiger partial charge in [0.15, 0.2) is 0 Å². The molecule has 0 spiro atoms. The van der Waals surface area contributed by atoms with Crippen LogP contribution in [0.1, 0.15) is 31.4 Å². The number of carbonyl (C=O) groups is 1. The number of benzene rings is 1. The van der Waals surface area contributed by atoms with Crippen LogP contribution < -0.4 is 4.74 Å². The highest BCUT2D eigenvalue weighted by Crippen LogP contribution is 2.42. The first-order valence-corrected chi connectivity index (χ1v) is 9.61. The average molecular weight is 384 g/mol. The van der Waals surface area contributed by atoms with Crippen LogP contribution in [-0.4, -0.2) is 52.3 Å². The van der Waals surface area contributed by atoms with E-state index in [0.29, 0.717) is 11.8 Å². The summed E-state index contributed by atoms with van der Waals surface area (Å²) in [5, 5.41) is 19.5. The maximum absolute atomic E-state index is 11.2. The molecular formula is C22H28N2O4. The second kappa shape index (κ2) is 8.71. The largest absolute Gasteiger partial charge is 0.497 e. The number of rotatable bonds is 4. The van der Waals surface area contributed by atoms with Crippen molar-refractivity contribution in [1.82, 2.24) is 9.88 Å². The van der Waals surface area contributed by atoms with E-state index in [-0.39, 0.29) is 6.04 Å². The van der Waals surface area contributed by atoms with Crippen molar-refractivity contribution >= 4 is 16.9 Å². The fraction of sp³-hybridized carbons (Fsp3) is 0.455. The molecular weight excluding hydrogens is 356 g/mol. The Hall–Kier alpha value is -2.44. The lowest BCUT2D eigenvalue weighted by molar-refractivity contribution is -0.134. The zero-order chi connectivity index (χ0) is 20.3. The Balaban J connectivity index is 0.000000516. The Labute approximate surface area is 165 Å². The minimum absolute atomic E-state index is 0.178. The number of aliphatic carboxylic acids is 1. The number of pyridine rings is 1. The van der Waals surface area contributed by atoms with Crippen LogP contribution >= 0.6 is 0 Å². The van der Waals surface area contributed by atoms with Gasteiger partial charge in [-0.1, -0.05) is 6.08 Å². The molecule has 28 heavy (non-hydrogen) atoms. The molecule has 5 atom stereocenters. The highest BCUT2D eigenvalue weighted by atomic mass is 16.5. The van der Waals surface area contributed by atoms with Crippen molar-refractivity contribution in [3.05, 3.63) is 48.7 Å². The molecule has 150 valence electrons. The fourth-order valence-corrected chi connectivity index (χ4v) is 4.44. The number of nitrogens with zero attached hydrogens (tertiary/aromatic N) is 2. The number of carboxylic acid groups (broad SMARTS) is 1. The summed E-state index contributed by atoms with van der Waals surface area (Å²) < 4.78 is 5.35. The lowest BCUT2D eigenvalue weighted by Crippen LogP contribution is -2.54.